The van der Waals surface area contributed by atoms with Gasteiger partial charge in [0.05, 0.1) is 0 Å². The van der Waals surface area contributed by atoms with Gasteiger partial charge in [-0.15, -0.1) is 0 Å². The highest BCUT2D eigenvalue weighted by molar-refractivity contribution is 7.88. The van der Waals surface area contributed by atoms with Gasteiger partial charge < -0.3 is 4.18 Å². The van der Waals surface area contributed by atoms with E-state index in [1.165, 1.54) is 23.3 Å². The Labute approximate surface area is 169 Å². The van der Waals surface area contributed by atoms with Crippen LogP contribution in [0.5, 0.6) is 5.75 Å². The van der Waals surface area contributed by atoms with E-state index >= 15 is 0 Å². The van der Waals surface area contributed by atoms with Gasteiger partial charge in [0.1, 0.15) is 5.75 Å². The van der Waals surface area contributed by atoms with Crippen molar-refractivity contribution in [2.24, 2.45) is 0 Å². The Morgan fingerprint density at radius 2 is 1.11 bits per heavy atom. The molecular weight excluding hydrogens is 409 g/mol. The highest BCUT2D eigenvalue weighted by Gasteiger charge is 2.48. The molecule has 150 valence electrons. The van der Waals surface area contributed by atoms with Crippen molar-refractivity contribution in [2.75, 3.05) is 0 Å². The molecule has 0 amide bonds. The number of benzene rings is 3. The van der Waals surface area contributed by atoms with Gasteiger partial charge in [0.15, 0.2) is 0 Å². The van der Waals surface area contributed by atoms with Gasteiger partial charge >= 0.3 is 15.6 Å². The standard InChI is InChI=1S/C12H10.C8H7F3O3S.H2S/c1-3-7-11(8-4-1)12-9-5-2-6-10-12;1-6-2-4-7(5-3-6)14-15(12,13)8(9,10)11;/h1-10H;2-5H,1H3;1H2. The summed E-state index contributed by atoms with van der Waals surface area (Å²) in [6.45, 7) is 1.71. The Morgan fingerprint density at radius 1 is 0.714 bits per heavy atom. The Morgan fingerprint density at radius 3 is 1.46 bits per heavy atom. The maximum absolute atomic E-state index is 11.9. The molecule has 28 heavy (non-hydrogen) atoms. The van der Waals surface area contributed by atoms with Crippen LogP contribution in [-0.4, -0.2) is 13.9 Å². The molecule has 0 aromatic heterocycles. The Bertz CT molecular complexity index is 904. The summed E-state index contributed by atoms with van der Waals surface area (Å²) < 4.78 is 60.6. The highest BCUT2D eigenvalue weighted by atomic mass is 32.2. The van der Waals surface area contributed by atoms with E-state index in [4.69, 9.17) is 0 Å². The zero-order valence-electron chi connectivity index (χ0n) is 14.8. The number of rotatable bonds is 3. The molecule has 0 N–H and O–H groups in total. The Balaban J connectivity index is 0.000000275. The van der Waals surface area contributed by atoms with Gasteiger partial charge in [-0.05, 0) is 30.2 Å². The average molecular weight is 428 g/mol. The van der Waals surface area contributed by atoms with Crippen molar-refractivity contribution < 1.29 is 25.8 Å². The van der Waals surface area contributed by atoms with Crippen LogP contribution in [0.2, 0.25) is 0 Å². The number of hydrogen-bond acceptors (Lipinski definition) is 3. The first-order valence-corrected chi connectivity index (χ1v) is 9.28. The van der Waals surface area contributed by atoms with Crippen molar-refractivity contribution in [2.45, 2.75) is 12.4 Å². The van der Waals surface area contributed by atoms with Crippen molar-refractivity contribution in [1.82, 2.24) is 0 Å². The molecule has 3 rings (SSSR count). The first-order valence-electron chi connectivity index (χ1n) is 7.87. The van der Waals surface area contributed by atoms with Crippen LogP contribution in [0.3, 0.4) is 0 Å². The fourth-order valence-corrected chi connectivity index (χ4v) is 2.49. The summed E-state index contributed by atoms with van der Waals surface area (Å²) in [6.07, 6.45) is 0. The third-order valence-corrected chi connectivity index (χ3v) is 4.37. The van der Waals surface area contributed by atoms with Gasteiger partial charge in [-0.1, -0.05) is 78.4 Å². The van der Waals surface area contributed by atoms with Crippen LogP contribution in [0.25, 0.3) is 11.1 Å². The van der Waals surface area contributed by atoms with Crippen molar-refractivity contribution in [3.05, 3.63) is 90.5 Å². The maximum Gasteiger partial charge on any atom is 0.534 e. The van der Waals surface area contributed by atoms with Crippen molar-refractivity contribution >= 4 is 23.6 Å². The van der Waals surface area contributed by atoms with Gasteiger partial charge in [0.2, 0.25) is 0 Å². The molecule has 0 aliphatic rings. The molecule has 0 heterocycles. The lowest BCUT2D eigenvalue weighted by atomic mass is 10.1. The fraction of sp³-hybridized carbons (Fsp3) is 0.100. The number of halogens is 3. The van der Waals surface area contributed by atoms with Gasteiger partial charge in [0, 0.05) is 0 Å². The lowest BCUT2D eigenvalue weighted by molar-refractivity contribution is -0.0500. The molecule has 0 bridgehead atoms. The molecule has 0 saturated heterocycles. The lowest BCUT2D eigenvalue weighted by Crippen LogP contribution is -2.28. The van der Waals surface area contributed by atoms with Crippen LogP contribution >= 0.6 is 13.5 Å². The first-order chi connectivity index (χ1) is 12.7. The molecule has 0 unspecified atom stereocenters. The maximum atomic E-state index is 11.9. The van der Waals surface area contributed by atoms with Crippen LogP contribution in [0.4, 0.5) is 13.2 Å². The summed E-state index contributed by atoms with van der Waals surface area (Å²) in [5, 5.41) is 0. The summed E-state index contributed by atoms with van der Waals surface area (Å²) in [6, 6.07) is 26.0. The van der Waals surface area contributed by atoms with Gasteiger partial charge in [0.25, 0.3) is 0 Å². The van der Waals surface area contributed by atoms with E-state index < -0.39 is 15.6 Å². The van der Waals surface area contributed by atoms with Crippen LogP contribution < -0.4 is 4.18 Å². The SMILES string of the molecule is Cc1ccc(OS(=O)(=O)C(F)(F)F)cc1.S.c1ccc(-c2ccccc2)cc1. The lowest BCUT2D eigenvalue weighted by Gasteiger charge is -2.09. The van der Waals surface area contributed by atoms with E-state index in [-0.39, 0.29) is 19.2 Å². The van der Waals surface area contributed by atoms with Crippen LogP contribution in [0, 0.1) is 6.92 Å². The summed E-state index contributed by atoms with van der Waals surface area (Å²) in [5.41, 5.74) is -2.07. The van der Waals surface area contributed by atoms with Crippen LogP contribution in [0.15, 0.2) is 84.9 Å². The topological polar surface area (TPSA) is 43.4 Å². The van der Waals surface area contributed by atoms with E-state index in [2.05, 4.69) is 52.7 Å². The molecular formula is C20H19F3O3S2. The molecule has 3 aromatic rings. The first kappa shape index (κ1) is 23.6. The fourth-order valence-electron chi connectivity index (χ4n) is 2.03. The summed E-state index contributed by atoms with van der Waals surface area (Å²) in [7, 11) is -5.56. The van der Waals surface area contributed by atoms with E-state index in [9.17, 15) is 21.6 Å². The third-order valence-electron chi connectivity index (χ3n) is 3.39. The summed E-state index contributed by atoms with van der Waals surface area (Å²) in [4.78, 5) is 0. The predicted octanol–water partition coefficient (Wildman–Crippen LogP) is 5.69. The molecule has 8 heteroatoms. The predicted molar refractivity (Wildman–Crippen MR) is 109 cm³/mol. The molecule has 0 atom stereocenters. The van der Waals surface area contributed by atoms with Crippen molar-refractivity contribution in [3.8, 4) is 16.9 Å². The Hall–Kier alpha value is -2.45. The highest BCUT2D eigenvalue weighted by Crippen LogP contribution is 2.26. The minimum atomic E-state index is -5.56. The molecule has 0 aliphatic carbocycles. The second-order valence-electron chi connectivity index (χ2n) is 5.53. The Kier molecular flexibility index (Phi) is 8.59. The minimum Gasteiger partial charge on any atom is -0.376 e. The van der Waals surface area contributed by atoms with E-state index in [1.807, 2.05) is 12.1 Å². The zero-order chi connectivity index (χ0) is 19.9. The number of hydrogen-bond donors (Lipinski definition) is 0. The minimum absolute atomic E-state index is 0. The summed E-state index contributed by atoms with van der Waals surface area (Å²) >= 11 is 0. The van der Waals surface area contributed by atoms with Crippen molar-refractivity contribution in [3.63, 3.8) is 0 Å². The normalized spacial score (nSPS) is 10.9. The van der Waals surface area contributed by atoms with E-state index in [0.717, 1.165) is 17.7 Å². The van der Waals surface area contributed by atoms with Gasteiger partial charge in [-0.3, -0.25) is 0 Å². The average Bonchev–Trinajstić information content (AvgIpc) is 2.65. The molecule has 0 saturated carbocycles. The van der Waals surface area contributed by atoms with E-state index in [0.29, 0.717) is 0 Å². The van der Waals surface area contributed by atoms with Gasteiger partial charge in [-0.25, -0.2) is 0 Å². The molecule has 0 radical (unpaired) electrons. The van der Waals surface area contributed by atoms with Gasteiger partial charge in [-0.2, -0.15) is 35.1 Å². The van der Waals surface area contributed by atoms with Crippen molar-refractivity contribution in [1.29, 1.82) is 0 Å². The van der Waals surface area contributed by atoms with Crippen LogP contribution in [0.1, 0.15) is 5.56 Å². The van der Waals surface area contributed by atoms with Crippen LogP contribution in [-0.2, 0) is 10.1 Å². The van der Waals surface area contributed by atoms with E-state index in [1.54, 1.807) is 6.92 Å². The largest absolute Gasteiger partial charge is 0.534 e. The summed E-state index contributed by atoms with van der Waals surface area (Å²) in [5.74, 6) is -0.363. The molecule has 3 aromatic carbocycles. The molecule has 0 fully saturated rings. The smallest absolute Gasteiger partial charge is 0.376 e. The molecule has 0 spiro atoms. The second-order valence-corrected chi connectivity index (χ2v) is 7.07. The second kappa shape index (κ2) is 10.2. The molecule has 0 aliphatic heterocycles. The quantitative estimate of drug-likeness (QED) is 0.398. The third kappa shape index (κ3) is 6.94. The zero-order valence-corrected chi connectivity index (χ0v) is 16.7. The monoisotopic (exact) mass is 428 g/mol. The molecule has 3 nitrogen and oxygen atoms in total. The number of aryl methyl sites for hydroxylation is 1. The number of alkyl halides is 3.